The molecule has 0 spiro atoms. The fraction of sp³-hybridized carbons (Fsp3) is 1.00. The van der Waals surface area contributed by atoms with E-state index in [0.717, 1.165) is 19.4 Å². The number of ether oxygens (including phenoxy) is 4. The minimum absolute atomic E-state index is 0.0629. The van der Waals surface area contributed by atoms with Crippen molar-refractivity contribution in [3.05, 3.63) is 0 Å². The van der Waals surface area contributed by atoms with E-state index in [-0.39, 0.29) is 29.8 Å². The highest BCUT2D eigenvalue weighted by molar-refractivity contribution is 4.89. The molecular weight excluding hydrogens is 380 g/mol. The topological polar surface area (TPSA) is 40.2 Å². The molecule has 1 saturated heterocycles. The molecule has 1 aliphatic heterocycles. The summed E-state index contributed by atoms with van der Waals surface area (Å²) in [6.07, 6.45) is 2.86. The summed E-state index contributed by atoms with van der Waals surface area (Å²) in [5, 5.41) is 0. The van der Waals surface area contributed by atoms with Crippen molar-refractivity contribution < 1.29 is 27.7 Å². The number of hydrogen-bond donors (Lipinski definition) is 0. The fourth-order valence-corrected chi connectivity index (χ4v) is 3.16. The van der Waals surface area contributed by atoms with Gasteiger partial charge in [-0.1, -0.05) is 20.8 Å². The number of hydrogen-bond acceptors (Lipinski definition) is 5. The van der Waals surface area contributed by atoms with Crippen LogP contribution in [-0.4, -0.2) is 80.8 Å². The van der Waals surface area contributed by atoms with Gasteiger partial charge in [-0.25, -0.2) is 8.78 Å². The largest absolute Gasteiger partial charge is 0.378 e. The Morgan fingerprint density at radius 2 is 1.34 bits per heavy atom. The van der Waals surface area contributed by atoms with Crippen LogP contribution in [0.4, 0.5) is 8.78 Å². The fourth-order valence-electron chi connectivity index (χ4n) is 3.16. The summed E-state index contributed by atoms with van der Waals surface area (Å²) in [6.45, 7) is 14.6. The summed E-state index contributed by atoms with van der Waals surface area (Å²) in [5.74, 6) is -2.95. The van der Waals surface area contributed by atoms with Crippen LogP contribution in [0.25, 0.3) is 0 Å². The van der Waals surface area contributed by atoms with Crippen molar-refractivity contribution >= 4 is 0 Å². The van der Waals surface area contributed by atoms with Crippen LogP contribution in [-0.2, 0) is 18.9 Å². The number of alkyl halides is 2. The molecule has 0 aromatic carbocycles. The second kappa shape index (κ2) is 10.3. The third kappa shape index (κ3) is 9.55. The molecule has 2 rings (SSSR count). The lowest BCUT2D eigenvalue weighted by Gasteiger charge is -2.47. The molecular formula is C22H41F2NO4. The van der Waals surface area contributed by atoms with Crippen molar-refractivity contribution in [2.45, 2.75) is 90.6 Å². The molecule has 7 heteroatoms. The quantitative estimate of drug-likeness (QED) is 0.443. The molecule has 1 heterocycles. The molecule has 1 saturated carbocycles. The Morgan fingerprint density at radius 1 is 0.759 bits per heavy atom. The van der Waals surface area contributed by atoms with E-state index in [9.17, 15) is 8.78 Å². The third-order valence-electron chi connectivity index (χ3n) is 5.23. The van der Waals surface area contributed by atoms with E-state index in [2.05, 4.69) is 46.4 Å². The summed E-state index contributed by atoms with van der Waals surface area (Å²) >= 11 is 0. The molecule has 5 nitrogen and oxygen atoms in total. The molecule has 0 N–H and O–H groups in total. The summed E-state index contributed by atoms with van der Waals surface area (Å²) in [6, 6.07) is 0. The molecule has 0 atom stereocenters. The molecule has 1 aliphatic carbocycles. The maximum Gasteiger partial charge on any atom is 0.293 e. The summed E-state index contributed by atoms with van der Waals surface area (Å²) in [7, 11) is 0. The first kappa shape index (κ1) is 24.9. The van der Waals surface area contributed by atoms with Crippen LogP contribution < -0.4 is 0 Å². The van der Waals surface area contributed by atoms with E-state index in [0.29, 0.717) is 32.2 Å². The summed E-state index contributed by atoms with van der Waals surface area (Å²) in [4.78, 5) is 2.22. The van der Waals surface area contributed by atoms with Gasteiger partial charge in [0.2, 0.25) is 0 Å². The molecule has 0 radical (unpaired) electrons. The zero-order chi connectivity index (χ0) is 21.7. The summed E-state index contributed by atoms with van der Waals surface area (Å²) < 4.78 is 49.8. The van der Waals surface area contributed by atoms with Crippen molar-refractivity contribution in [3.63, 3.8) is 0 Å². The maximum atomic E-state index is 13.9. The Morgan fingerprint density at radius 3 is 1.93 bits per heavy atom. The second-order valence-electron chi connectivity index (χ2n) is 10.7. The minimum Gasteiger partial charge on any atom is -0.378 e. The Hall–Kier alpha value is -0.340. The van der Waals surface area contributed by atoms with Crippen LogP contribution in [0.1, 0.15) is 60.8 Å². The van der Waals surface area contributed by atoms with Gasteiger partial charge in [0.05, 0.1) is 24.9 Å². The van der Waals surface area contributed by atoms with Crippen LogP contribution in [0.2, 0.25) is 0 Å². The molecule has 0 amide bonds. The van der Waals surface area contributed by atoms with E-state index in [1.54, 1.807) is 0 Å². The van der Waals surface area contributed by atoms with Gasteiger partial charge in [-0.2, -0.15) is 0 Å². The average molecular weight is 422 g/mol. The molecule has 2 fully saturated rings. The first-order chi connectivity index (χ1) is 13.3. The van der Waals surface area contributed by atoms with Gasteiger partial charge < -0.3 is 18.9 Å². The lowest BCUT2D eigenvalue weighted by Crippen LogP contribution is -2.60. The number of rotatable bonds is 12. The van der Waals surface area contributed by atoms with Gasteiger partial charge in [-0.15, -0.1) is 0 Å². The van der Waals surface area contributed by atoms with Crippen molar-refractivity contribution in [2.75, 3.05) is 46.1 Å². The van der Waals surface area contributed by atoms with Gasteiger partial charge in [0.15, 0.2) is 0 Å². The molecule has 0 aromatic heterocycles. The van der Waals surface area contributed by atoms with Gasteiger partial charge in [0.25, 0.3) is 5.92 Å². The van der Waals surface area contributed by atoms with Crippen LogP contribution in [0.3, 0.4) is 0 Å². The highest BCUT2D eigenvalue weighted by atomic mass is 19.3. The van der Waals surface area contributed by atoms with Crippen molar-refractivity contribution in [1.29, 1.82) is 0 Å². The van der Waals surface area contributed by atoms with Gasteiger partial charge in [-0.05, 0) is 45.4 Å². The standard InChI is InChI=1S/C22H41F2NO4/c1-20(2,3)14-28-18-10-17(11-18)27-9-7-8-26-15-22(23,24)16-29-19-12-25(13-19)21(4,5)6/h17-19H,7-16H2,1-6H3. The zero-order valence-electron chi connectivity index (χ0n) is 19.1. The smallest absolute Gasteiger partial charge is 0.293 e. The molecule has 0 bridgehead atoms. The zero-order valence-corrected chi connectivity index (χ0v) is 19.1. The maximum absolute atomic E-state index is 13.9. The lowest BCUT2D eigenvalue weighted by molar-refractivity contribution is -0.167. The van der Waals surface area contributed by atoms with Crippen molar-refractivity contribution in [1.82, 2.24) is 4.90 Å². The highest BCUT2D eigenvalue weighted by Crippen LogP contribution is 2.28. The van der Waals surface area contributed by atoms with E-state index in [4.69, 9.17) is 18.9 Å². The van der Waals surface area contributed by atoms with Crippen molar-refractivity contribution in [3.8, 4) is 0 Å². The minimum atomic E-state index is -2.95. The van der Waals surface area contributed by atoms with Crippen LogP contribution in [0.15, 0.2) is 0 Å². The Kier molecular flexibility index (Phi) is 8.86. The first-order valence-corrected chi connectivity index (χ1v) is 10.9. The number of nitrogens with zero attached hydrogens (tertiary/aromatic N) is 1. The molecule has 0 aromatic rings. The van der Waals surface area contributed by atoms with E-state index in [1.165, 1.54) is 0 Å². The van der Waals surface area contributed by atoms with Gasteiger partial charge >= 0.3 is 0 Å². The van der Waals surface area contributed by atoms with Crippen molar-refractivity contribution in [2.24, 2.45) is 5.41 Å². The molecule has 29 heavy (non-hydrogen) atoms. The van der Waals surface area contributed by atoms with Crippen LogP contribution in [0, 0.1) is 5.41 Å². The SMILES string of the molecule is CC(C)(C)COC1CC(OCCCOCC(F)(F)COC2CN(C(C)(C)C)C2)C1. The van der Waals surface area contributed by atoms with Gasteiger partial charge in [0.1, 0.15) is 13.2 Å². The first-order valence-electron chi connectivity index (χ1n) is 10.9. The third-order valence-corrected chi connectivity index (χ3v) is 5.23. The van der Waals surface area contributed by atoms with Gasteiger partial charge in [-0.3, -0.25) is 4.90 Å². The number of likely N-dealkylation sites (tertiary alicyclic amines) is 1. The molecule has 172 valence electrons. The normalized spacial score (nSPS) is 24.4. The van der Waals surface area contributed by atoms with Gasteiger partial charge in [0, 0.05) is 31.8 Å². The van der Waals surface area contributed by atoms with E-state index < -0.39 is 19.1 Å². The molecule has 2 aliphatic rings. The predicted octanol–water partition coefficient (Wildman–Crippen LogP) is 4.14. The Balaban J connectivity index is 1.41. The molecule has 0 unspecified atom stereocenters. The van der Waals surface area contributed by atoms with Crippen LogP contribution in [0.5, 0.6) is 0 Å². The highest BCUT2D eigenvalue weighted by Gasteiger charge is 2.38. The lowest BCUT2D eigenvalue weighted by atomic mass is 9.91. The predicted molar refractivity (Wildman–Crippen MR) is 110 cm³/mol. The van der Waals surface area contributed by atoms with E-state index >= 15 is 0 Å². The second-order valence-corrected chi connectivity index (χ2v) is 10.7. The monoisotopic (exact) mass is 421 g/mol. The Labute approximate surface area is 175 Å². The van der Waals surface area contributed by atoms with Crippen LogP contribution >= 0.6 is 0 Å². The number of halogens is 2. The average Bonchev–Trinajstić information content (AvgIpc) is 2.47. The Bertz CT molecular complexity index is 478. The van der Waals surface area contributed by atoms with E-state index in [1.807, 2.05) is 0 Å². The summed E-state index contributed by atoms with van der Waals surface area (Å²) in [5.41, 5.74) is 0.244.